The Hall–Kier alpha value is -1.12. The zero-order valence-electron chi connectivity index (χ0n) is 9.37. The molecule has 1 unspecified atom stereocenters. The van der Waals surface area contributed by atoms with Crippen molar-refractivity contribution in [3.63, 3.8) is 0 Å². The minimum Gasteiger partial charge on any atom is -0.294 e. The Morgan fingerprint density at radius 3 is 2.88 bits per heavy atom. The molecule has 17 heavy (non-hydrogen) atoms. The summed E-state index contributed by atoms with van der Waals surface area (Å²) in [6.07, 6.45) is 0.575. The van der Waals surface area contributed by atoms with Crippen molar-refractivity contribution in [1.82, 2.24) is 0 Å². The van der Waals surface area contributed by atoms with Crippen LogP contribution in [0.25, 0.3) is 0 Å². The van der Waals surface area contributed by atoms with Crippen molar-refractivity contribution in [2.45, 2.75) is 19.3 Å². The number of hydrogen-bond acceptors (Lipinski definition) is 2. The number of Topliss-reactive ketones (excluding diaryl/α,β-unsaturated/α-hetero) is 1. The van der Waals surface area contributed by atoms with Gasteiger partial charge in [0, 0.05) is 27.8 Å². The van der Waals surface area contributed by atoms with E-state index in [4.69, 9.17) is 11.6 Å². The molecule has 0 radical (unpaired) electrons. The fourth-order valence-corrected chi connectivity index (χ4v) is 3.36. The first-order valence-electron chi connectivity index (χ1n) is 5.53. The molecule has 0 aliphatic heterocycles. The standard InChI is InChI=1S/C14H11ClOS/c1-8-4-9(7-17-8)12-6-14(16)11-3-2-10(15)5-13(11)12/h2-5,7,12H,6H2,1H3. The van der Waals surface area contributed by atoms with Crippen LogP contribution in [0.3, 0.4) is 0 Å². The van der Waals surface area contributed by atoms with Crippen molar-refractivity contribution in [2.24, 2.45) is 0 Å². The van der Waals surface area contributed by atoms with Gasteiger partial charge in [0.1, 0.15) is 0 Å². The highest BCUT2D eigenvalue weighted by Crippen LogP contribution is 2.40. The van der Waals surface area contributed by atoms with E-state index in [9.17, 15) is 4.79 Å². The van der Waals surface area contributed by atoms with Crippen molar-refractivity contribution >= 4 is 28.7 Å². The van der Waals surface area contributed by atoms with Crippen molar-refractivity contribution in [3.05, 3.63) is 56.2 Å². The number of carbonyl (C=O) groups excluding carboxylic acids is 1. The average Bonchev–Trinajstić information content (AvgIpc) is 2.83. The van der Waals surface area contributed by atoms with Crippen molar-refractivity contribution < 1.29 is 4.79 Å². The number of thiophene rings is 1. The van der Waals surface area contributed by atoms with E-state index in [2.05, 4.69) is 18.4 Å². The molecular formula is C14H11ClOS. The van der Waals surface area contributed by atoms with Gasteiger partial charge in [0.2, 0.25) is 0 Å². The predicted octanol–water partition coefficient (Wildman–Crippen LogP) is 4.43. The fraction of sp³-hybridized carbons (Fsp3) is 0.214. The topological polar surface area (TPSA) is 17.1 Å². The Morgan fingerprint density at radius 2 is 2.18 bits per heavy atom. The zero-order chi connectivity index (χ0) is 12.0. The number of aryl methyl sites for hydroxylation is 1. The maximum absolute atomic E-state index is 11.9. The molecule has 1 aliphatic rings. The molecule has 1 atom stereocenters. The first kappa shape index (κ1) is 11.0. The van der Waals surface area contributed by atoms with Gasteiger partial charge in [0.05, 0.1) is 0 Å². The molecule has 0 spiro atoms. The summed E-state index contributed by atoms with van der Waals surface area (Å²) < 4.78 is 0. The van der Waals surface area contributed by atoms with Crippen LogP contribution in [0.15, 0.2) is 29.6 Å². The van der Waals surface area contributed by atoms with Crippen LogP contribution in [0.2, 0.25) is 5.02 Å². The lowest BCUT2D eigenvalue weighted by Gasteiger charge is -2.08. The predicted molar refractivity (Wildman–Crippen MR) is 71.3 cm³/mol. The number of rotatable bonds is 1. The monoisotopic (exact) mass is 262 g/mol. The van der Waals surface area contributed by atoms with Crippen LogP contribution in [-0.2, 0) is 0 Å². The van der Waals surface area contributed by atoms with Gasteiger partial charge in [0.25, 0.3) is 0 Å². The minimum atomic E-state index is 0.196. The normalized spacial score (nSPS) is 18.5. The van der Waals surface area contributed by atoms with Crippen LogP contribution >= 0.6 is 22.9 Å². The summed E-state index contributed by atoms with van der Waals surface area (Å²) in [5.74, 6) is 0.423. The molecule has 0 fully saturated rings. The number of hydrogen-bond donors (Lipinski definition) is 0. The molecule has 1 heterocycles. The smallest absolute Gasteiger partial charge is 0.164 e. The lowest BCUT2D eigenvalue weighted by Crippen LogP contribution is -1.94. The molecule has 0 saturated heterocycles. The first-order valence-corrected chi connectivity index (χ1v) is 6.78. The molecule has 1 aliphatic carbocycles. The van der Waals surface area contributed by atoms with E-state index in [0.717, 1.165) is 11.1 Å². The highest BCUT2D eigenvalue weighted by molar-refractivity contribution is 7.10. The van der Waals surface area contributed by atoms with Crippen LogP contribution in [0.4, 0.5) is 0 Å². The minimum absolute atomic E-state index is 0.196. The van der Waals surface area contributed by atoms with Crippen molar-refractivity contribution in [1.29, 1.82) is 0 Å². The van der Waals surface area contributed by atoms with E-state index >= 15 is 0 Å². The summed E-state index contributed by atoms with van der Waals surface area (Å²) in [4.78, 5) is 13.2. The summed E-state index contributed by atoms with van der Waals surface area (Å²) in [7, 11) is 0. The van der Waals surface area contributed by atoms with Gasteiger partial charge in [-0.1, -0.05) is 11.6 Å². The summed E-state index contributed by atoms with van der Waals surface area (Å²) in [6.45, 7) is 2.09. The van der Waals surface area contributed by atoms with Gasteiger partial charge in [0.15, 0.2) is 5.78 Å². The SMILES string of the molecule is Cc1cc(C2CC(=O)c3ccc(Cl)cc32)cs1. The lowest BCUT2D eigenvalue weighted by atomic mass is 9.95. The number of benzene rings is 1. The molecule has 0 saturated carbocycles. The Balaban J connectivity index is 2.12. The van der Waals surface area contributed by atoms with E-state index < -0.39 is 0 Å². The quantitative estimate of drug-likeness (QED) is 0.743. The number of carbonyl (C=O) groups is 1. The Labute approximate surface area is 109 Å². The molecule has 1 aromatic heterocycles. The Kier molecular flexibility index (Phi) is 2.57. The van der Waals surface area contributed by atoms with Crippen molar-refractivity contribution in [2.75, 3.05) is 0 Å². The third-order valence-corrected chi connectivity index (χ3v) is 4.35. The third kappa shape index (κ3) is 1.81. The molecule has 3 heteroatoms. The van der Waals surface area contributed by atoms with Gasteiger partial charge in [-0.15, -0.1) is 11.3 Å². The third-order valence-electron chi connectivity index (χ3n) is 3.23. The lowest BCUT2D eigenvalue weighted by molar-refractivity contribution is 0.0991. The maximum Gasteiger partial charge on any atom is 0.164 e. The van der Waals surface area contributed by atoms with Gasteiger partial charge in [-0.25, -0.2) is 0 Å². The van der Waals surface area contributed by atoms with E-state index in [1.807, 2.05) is 12.1 Å². The number of ketones is 1. The van der Waals surface area contributed by atoms with Gasteiger partial charge in [-0.05, 0) is 47.7 Å². The molecule has 0 amide bonds. The van der Waals surface area contributed by atoms with Gasteiger partial charge < -0.3 is 0 Å². The summed E-state index contributed by atoms with van der Waals surface area (Å²) >= 11 is 7.75. The van der Waals surface area contributed by atoms with Crippen LogP contribution in [-0.4, -0.2) is 5.78 Å². The molecule has 1 aromatic carbocycles. The van der Waals surface area contributed by atoms with E-state index in [1.54, 1.807) is 17.4 Å². The van der Waals surface area contributed by atoms with Crippen LogP contribution in [0, 0.1) is 6.92 Å². The van der Waals surface area contributed by atoms with Gasteiger partial charge in [-0.2, -0.15) is 0 Å². The molecular weight excluding hydrogens is 252 g/mol. The Bertz CT molecular complexity index is 600. The highest BCUT2D eigenvalue weighted by atomic mass is 35.5. The molecule has 3 rings (SSSR count). The highest BCUT2D eigenvalue weighted by Gasteiger charge is 2.30. The van der Waals surface area contributed by atoms with Gasteiger partial charge >= 0.3 is 0 Å². The van der Waals surface area contributed by atoms with Crippen LogP contribution in [0.5, 0.6) is 0 Å². The van der Waals surface area contributed by atoms with Crippen LogP contribution in [0.1, 0.15) is 38.7 Å². The first-order chi connectivity index (χ1) is 8.15. The molecule has 86 valence electrons. The van der Waals surface area contributed by atoms with Gasteiger partial charge in [-0.3, -0.25) is 4.79 Å². The van der Waals surface area contributed by atoms with Crippen LogP contribution < -0.4 is 0 Å². The molecule has 1 nitrogen and oxygen atoms in total. The summed E-state index contributed by atoms with van der Waals surface area (Å²) in [6, 6.07) is 7.73. The number of fused-ring (bicyclic) bond motifs is 1. The van der Waals surface area contributed by atoms with E-state index in [-0.39, 0.29) is 11.7 Å². The van der Waals surface area contributed by atoms with E-state index in [0.29, 0.717) is 11.4 Å². The second-order valence-electron chi connectivity index (χ2n) is 4.40. The average molecular weight is 263 g/mol. The fourth-order valence-electron chi connectivity index (χ4n) is 2.42. The second-order valence-corrected chi connectivity index (χ2v) is 5.95. The molecule has 0 bridgehead atoms. The van der Waals surface area contributed by atoms with E-state index in [1.165, 1.54) is 10.4 Å². The zero-order valence-corrected chi connectivity index (χ0v) is 10.9. The molecule has 0 N–H and O–H groups in total. The van der Waals surface area contributed by atoms with Crippen molar-refractivity contribution in [3.8, 4) is 0 Å². The Morgan fingerprint density at radius 1 is 1.35 bits per heavy atom. The largest absolute Gasteiger partial charge is 0.294 e. The maximum atomic E-state index is 11.9. The summed E-state index contributed by atoms with van der Waals surface area (Å²) in [5.41, 5.74) is 3.16. The summed E-state index contributed by atoms with van der Waals surface area (Å²) in [5, 5.41) is 2.85. The second kappa shape index (κ2) is 3.97. The number of halogens is 1. The molecule has 2 aromatic rings.